The molecular weight excluding hydrogens is 278 g/mol. The Hall–Kier alpha value is -2.95. The molecule has 0 fully saturated rings. The molecule has 0 spiro atoms. The number of hydrogen-bond donors (Lipinski definition) is 1. The summed E-state index contributed by atoms with van der Waals surface area (Å²) in [6.07, 6.45) is 0.338. The number of hydrogen-bond acceptors (Lipinski definition) is 4. The Bertz CT molecular complexity index is 781. The van der Waals surface area contributed by atoms with Crippen LogP contribution in [0, 0.1) is 6.92 Å². The monoisotopic (exact) mass is 293 g/mol. The summed E-state index contributed by atoms with van der Waals surface area (Å²) in [6, 6.07) is 17.0. The summed E-state index contributed by atoms with van der Waals surface area (Å²) in [5.41, 5.74) is 2.45. The van der Waals surface area contributed by atoms with Crippen molar-refractivity contribution in [3.63, 3.8) is 0 Å². The molecule has 1 N–H and O–H groups in total. The highest BCUT2D eigenvalue weighted by atomic mass is 16.4. The first-order valence-corrected chi connectivity index (χ1v) is 6.95. The van der Waals surface area contributed by atoms with Crippen LogP contribution < -0.4 is 5.32 Å². The zero-order chi connectivity index (χ0) is 15.4. The lowest BCUT2D eigenvalue weighted by molar-refractivity contribution is -0.115. The standard InChI is InChI=1S/C17H15N3O2/c1-12-19-20-17(22-12)14-8-5-9-15(11-14)18-16(21)10-13-6-3-2-4-7-13/h2-9,11H,10H2,1H3,(H,18,21). The first-order valence-electron chi connectivity index (χ1n) is 6.95. The second-order valence-corrected chi connectivity index (χ2v) is 4.92. The number of anilines is 1. The molecule has 1 heterocycles. The Morgan fingerprint density at radius 3 is 2.64 bits per heavy atom. The summed E-state index contributed by atoms with van der Waals surface area (Å²) >= 11 is 0. The van der Waals surface area contributed by atoms with Gasteiger partial charge in [0.25, 0.3) is 0 Å². The van der Waals surface area contributed by atoms with Crippen LogP contribution in [-0.4, -0.2) is 16.1 Å². The Morgan fingerprint density at radius 2 is 1.91 bits per heavy atom. The summed E-state index contributed by atoms with van der Waals surface area (Å²) in [5.74, 6) is 0.884. The third-order valence-electron chi connectivity index (χ3n) is 3.13. The van der Waals surface area contributed by atoms with E-state index < -0.39 is 0 Å². The predicted octanol–water partition coefficient (Wildman–Crippen LogP) is 3.23. The second-order valence-electron chi connectivity index (χ2n) is 4.92. The minimum Gasteiger partial charge on any atom is -0.421 e. The van der Waals surface area contributed by atoms with E-state index in [1.54, 1.807) is 6.92 Å². The molecule has 0 unspecified atom stereocenters. The molecule has 0 bridgehead atoms. The fraction of sp³-hybridized carbons (Fsp3) is 0.118. The van der Waals surface area contributed by atoms with Gasteiger partial charge in [0.05, 0.1) is 6.42 Å². The third kappa shape index (κ3) is 3.38. The van der Waals surface area contributed by atoms with Crippen molar-refractivity contribution < 1.29 is 9.21 Å². The topological polar surface area (TPSA) is 68.0 Å². The van der Waals surface area contributed by atoms with Crippen LogP contribution in [0.1, 0.15) is 11.5 Å². The molecule has 1 aromatic heterocycles. The van der Waals surface area contributed by atoms with Crippen LogP contribution >= 0.6 is 0 Å². The number of nitrogens with zero attached hydrogens (tertiary/aromatic N) is 2. The van der Waals surface area contributed by atoms with Crippen LogP contribution in [0.4, 0.5) is 5.69 Å². The lowest BCUT2D eigenvalue weighted by atomic mass is 10.1. The second kappa shape index (κ2) is 6.22. The van der Waals surface area contributed by atoms with E-state index in [2.05, 4.69) is 15.5 Å². The van der Waals surface area contributed by atoms with E-state index in [0.717, 1.165) is 11.1 Å². The van der Waals surface area contributed by atoms with Crippen molar-refractivity contribution in [1.82, 2.24) is 10.2 Å². The molecule has 3 rings (SSSR count). The molecule has 1 amide bonds. The first kappa shape index (κ1) is 14.0. The van der Waals surface area contributed by atoms with E-state index in [9.17, 15) is 4.79 Å². The highest BCUT2D eigenvalue weighted by molar-refractivity contribution is 5.92. The van der Waals surface area contributed by atoms with E-state index in [1.165, 1.54) is 0 Å². The maximum atomic E-state index is 12.1. The van der Waals surface area contributed by atoms with Gasteiger partial charge in [0.1, 0.15) is 0 Å². The van der Waals surface area contributed by atoms with Crippen molar-refractivity contribution in [3.8, 4) is 11.5 Å². The molecule has 0 aliphatic heterocycles. The normalized spacial score (nSPS) is 10.4. The molecule has 0 atom stereocenters. The van der Waals surface area contributed by atoms with Gasteiger partial charge in [-0.05, 0) is 23.8 Å². The minimum absolute atomic E-state index is 0.0648. The van der Waals surface area contributed by atoms with Gasteiger partial charge in [0.15, 0.2) is 0 Å². The summed E-state index contributed by atoms with van der Waals surface area (Å²) in [7, 11) is 0. The molecule has 0 aliphatic rings. The van der Waals surface area contributed by atoms with Gasteiger partial charge in [-0.25, -0.2) is 0 Å². The summed E-state index contributed by atoms with van der Waals surface area (Å²) in [6.45, 7) is 1.74. The molecule has 3 aromatic rings. The molecule has 0 saturated carbocycles. The maximum absolute atomic E-state index is 12.1. The highest BCUT2D eigenvalue weighted by Crippen LogP contribution is 2.21. The largest absolute Gasteiger partial charge is 0.421 e. The zero-order valence-corrected chi connectivity index (χ0v) is 12.1. The average Bonchev–Trinajstić information content (AvgIpc) is 2.95. The van der Waals surface area contributed by atoms with E-state index >= 15 is 0 Å². The lowest BCUT2D eigenvalue weighted by Crippen LogP contribution is -2.14. The number of aromatic nitrogens is 2. The fourth-order valence-corrected chi connectivity index (χ4v) is 2.13. The summed E-state index contributed by atoms with van der Waals surface area (Å²) in [5, 5.41) is 10.7. The molecule has 0 saturated heterocycles. The smallest absolute Gasteiger partial charge is 0.247 e. The van der Waals surface area contributed by atoms with Crippen LogP contribution in [0.2, 0.25) is 0 Å². The van der Waals surface area contributed by atoms with Crippen molar-refractivity contribution in [2.45, 2.75) is 13.3 Å². The molecule has 110 valence electrons. The van der Waals surface area contributed by atoms with E-state index in [1.807, 2.05) is 54.6 Å². The van der Waals surface area contributed by atoms with Gasteiger partial charge in [-0.2, -0.15) is 0 Å². The van der Waals surface area contributed by atoms with Gasteiger partial charge in [-0.3, -0.25) is 4.79 Å². The average molecular weight is 293 g/mol. The van der Waals surface area contributed by atoms with Gasteiger partial charge in [0.2, 0.25) is 17.7 Å². The van der Waals surface area contributed by atoms with Crippen LogP contribution in [0.5, 0.6) is 0 Å². The van der Waals surface area contributed by atoms with E-state index in [0.29, 0.717) is 23.9 Å². The SMILES string of the molecule is Cc1nnc(-c2cccc(NC(=O)Cc3ccccc3)c2)o1. The predicted molar refractivity (Wildman–Crippen MR) is 83.2 cm³/mol. The number of carbonyl (C=O) groups is 1. The number of aryl methyl sites for hydroxylation is 1. The van der Waals surface area contributed by atoms with Gasteiger partial charge < -0.3 is 9.73 Å². The van der Waals surface area contributed by atoms with Crippen molar-refractivity contribution in [3.05, 3.63) is 66.1 Å². The first-order chi connectivity index (χ1) is 10.7. The molecule has 5 nitrogen and oxygen atoms in total. The quantitative estimate of drug-likeness (QED) is 0.802. The minimum atomic E-state index is -0.0648. The molecule has 5 heteroatoms. The fourth-order valence-electron chi connectivity index (χ4n) is 2.13. The highest BCUT2D eigenvalue weighted by Gasteiger charge is 2.08. The van der Waals surface area contributed by atoms with Crippen LogP contribution in [0.15, 0.2) is 59.0 Å². The third-order valence-corrected chi connectivity index (χ3v) is 3.13. The molecule has 2 aromatic carbocycles. The Morgan fingerprint density at radius 1 is 1.09 bits per heavy atom. The Kier molecular flexibility index (Phi) is 3.96. The van der Waals surface area contributed by atoms with Gasteiger partial charge >= 0.3 is 0 Å². The van der Waals surface area contributed by atoms with Gasteiger partial charge in [-0.1, -0.05) is 36.4 Å². The van der Waals surface area contributed by atoms with Crippen LogP contribution in [-0.2, 0) is 11.2 Å². The number of benzene rings is 2. The lowest BCUT2D eigenvalue weighted by Gasteiger charge is -2.06. The summed E-state index contributed by atoms with van der Waals surface area (Å²) in [4.78, 5) is 12.1. The molecule has 0 aliphatic carbocycles. The van der Waals surface area contributed by atoms with Crippen molar-refractivity contribution in [1.29, 1.82) is 0 Å². The Balaban J connectivity index is 1.71. The van der Waals surface area contributed by atoms with Gasteiger partial charge in [0, 0.05) is 18.2 Å². The number of rotatable bonds is 4. The number of amides is 1. The van der Waals surface area contributed by atoms with E-state index in [-0.39, 0.29) is 5.91 Å². The number of nitrogens with one attached hydrogen (secondary N) is 1. The Labute approximate surface area is 128 Å². The van der Waals surface area contributed by atoms with Crippen molar-refractivity contribution in [2.24, 2.45) is 0 Å². The van der Waals surface area contributed by atoms with Crippen LogP contribution in [0.25, 0.3) is 11.5 Å². The molecule has 22 heavy (non-hydrogen) atoms. The summed E-state index contributed by atoms with van der Waals surface area (Å²) < 4.78 is 5.39. The van der Waals surface area contributed by atoms with Crippen molar-refractivity contribution >= 4 is 11.6 Å². The van der Waals surface area contributed by atoms with E-state index in [4.69, 9.17) is 4.42 Å². The molecular formula is C17H15N3O2. The van der Waals surface area contributed by atoms with Crippen molar-refractivity contribution in [2.75, 3.05) is 5.32 Å². The molecule has 0 radical (unpaired) electrons. The number of carbonyl (C=O) groups excluding carboxylic acids is 1. The zero-order valence-electron chi connectivity index (χ0n) is 12.1. The maximum Gasteiger partial charge on any atom is 0.247 e. The van der Waals surface area contributed by atoms with Gasteiger partial charge in [-0.15, -0.1) is 10.2 Å². The van der Waals surface area contributed by atoms with Crippen LogP contribution in [0.3, 0.4) is 0 Å².